The Bertz CT molecular complexity index is 1430. The van der Waals surface area contributed by atoms with Crippen molar-refractivity contribution in [1.82, 2.24) is 14.7 Å². The van der Waals surface area contributed by atoms with E-state index in [0.29, 0.717) is 25.1 Å². The van der Waals surface area contributed by atoms with Crippen LogP contribution in [0.1, 0.15) is 43.7 Å². The summed E-state index contributed by atoms with van der Waals surface area (Å²) in [6.07, 6.45) is -9.83. The molecule has 1 aliphatic rings. The van der Waals surface area contributed by atoms with Gasteiger partial charge in [-0.25, -0.2) is 0 Å². The Morgan fingerprint density at radius 1 is 0.818 bits per heavy atom. The monoisotopic (exact) mass is 641 g/mol. The molecule has 44 heavy (non-hydrogen) atoms. The van der Waals surface area contributed by atoms with Crippen LogP contribution in [0, 0.1) is 13.8 Å². The molecule has 12 heteroatoms. The van der Waals surface area contributed by atoms with Gasteiger partial charge in [-0.2, -0.15) is 26.3 Å². The molecule has 5 nitrogen and oxygen atoms in total. The predicted molar refractivity (Wildman–Crippen MR) is 157 cm³/mol. The number of benzene rings is 3. The maximum absolute atomic E-state index is 13.6. The van der Waals surface area contributed by atoms with Gasteiger partial charge in [0.15, 0.2) is 0 Å². The molecule has 0 aliphatic carbocycles. The number of rotatable bonds is 7. The smallest absolute Gasteiger partial charge is 0.340 e. The van der Waals surface area contributed by atoms with Crippen LogP contribution in [0.5, 0.6) is 0 Å². The molecule has 1 heterocycles. The summed E-state index contributed by atoms with van der Waals surface area (Å²) in [6.45, 7) is 4.80. The molecule has 1 fully saturated rings. The molecule has 1 saturated heterocycles. The van der Waals surface area contributed by atoms with Gasteiger partial charge in [0.05, 0.1) is 17.7 Å². The highest BCUT2D eigenvalue weighted by Gasteiger charge is 2.39. The van der Waals surface area contributed by atoms with Crippen LogP contribution < -0.4 is 0 Å². The fraction of sp³-hybridized carbons (Fsp3) is 0.375. The Morgan fingerprint density at radius 3 is 2.00 bits per heavy atom. The molecule has 3 aromatic rings. The molecule has 0 aromatic heterocycles. The molecule has 0 saturated carbocycles. The number of alkyl halides is 6. The zero-order chi connectivity index (χ0) is 31.5. The fourth-order valence-electron chi connectivity index (χ4n) is 5.21. The topological polar surface area (TPSA) is 43.9 Å². The minimum absolute atomic E-state index is 0. The highest BCUT2D eigenvalue weighted by Crippen LogP contribution is 2.37. The Kier molecular flexibility index (Phi) is 11.1. The number of hydrogen-bond donors (Lipinski definition) is 0. The number of aryl methyl sites for hydroxylation is 2. The van der Waals surface area contributed by atoms with Crippen molar-refractivity contribution in [3.8, 4) is 0 Å². The van der Waals surface area contributed by atoms with Gasteiger partial charge in [0.25, 0.3) is 5.91 Å². The van der Waals surface area contributed by atoms with E-state index < -0.39 is 41.0 Å². The number of amides is 2. The zero-order valence-corrected chi connectivity index (χ0v) is 25.3. The molecule has 0 N–H and O–H groups in total. The summed E-state index contributed by atoms with van der Waals surface area (Å²) >= 11 is 0. The standard InChI is InChI=1S/C32H33F6N3O2.ClH/c1-21-9-10-24(13-22(21)2)14-28-19-40(20-29(42)39(3)18-23-7-5-4-6-8-23)11-12-41(28)30(43)25-15-26(31(33,34)35)17-27(16-25)32(36,37)38;/h4-10,13,15-17,28H,11-12,14,18-20H2,1-3H3;1H. The van der Waals surface area contributed by atoms with Crippen LogP contribution in [-0.4, -0.2) is 65.8 Å². The van der Waals surface area contributed by atoms with Crippen LogP contribution in [0.25, 0.3) is 0 Å². The summed E-state index contributed by atoms with van der Waals surface area (Å²) in [6, 6.07) is 15.6. The van der Waals surface area contributed by atoms with E-state index in [2.05, 4.69) is 0 Å². The van der Waals surface area contributed by atoms with Gasteiger partial charge in [-0.1, -0.05) is 48.5 Å². The molecule has 1 aliphatic heterocycles. The van der Waals surface area contributed by atoms with Crippen molar-refractivity contribution in [1.29, 1.82) is 0 Å². The first kappa shape index (κ1) is 34.9. The number of nitrogens with zero attached hydrogens (tertiary/aromatic N) is 3. The lowest BCUT2D eigenvalue weighted by atomic mass is 9.97. The molecule has 3 aromatic carbocycles. The van der Waals surface area contributed by atoms with Gasteiger partial charge >= 0.3 is 12.4 Å². The lowest BCUT2D eigenvalue weighted by Gasteiger charge is -2.42. The molecule has 0 bridgehead atoms. The highest BCUT2D eigenvalue weighted by molar-refractivity contribution is 5.95. The molecule has 238 valence electrons. The van der Waals surface area contributed by atoms with E-state index in [4.69, 9.17) is 0 Å². The van der Waals surface area contributed by atoms with Crippen LogP contribution in [-0.2, 0) is 30.1 Å². The lowest BCUT2D eigenvalue weighted by molar-refractivity contribution is -0.143. The number of likely N-dealkylation sites (N-methyl/N-ethyl adjacent to an activating group) is 1. The summed E-state index contributed by atoms with van der Waals surface area (Å²) in [5.74, 6) is -1.07. The third-order valence-electron chi connectivity index (χ3n) is 7.75. The Hall–Kier alpha value is -3.57. The van der Waals surface area contributed by atoms with Gasteiger partial charge in [-0.15, -0.1) is 12.4 Å². The minimum atomic E-state index is -5.07. The van der Waals surface area contributed by atoms with Crippen molar-refractivity contribution in [3.63, 3.8) is 0 Å². The van der Waals surface area contributed by atoms with Crippen LogP contribution in [0.4, 0.5) is 26.3 Å². The van der Waals surface area contributed by atoms with Crippen molar-refractivity contribution in [3.05, 3.63) is 106 Å². The number of carbonyl (C=O) groups excluding carboxylic acids is 2. The van der Waals surface area contributed by atoms with Gasteiger partial charge in [-0.05, 0) is 60.7 Å². The second-order valence-corrected chi connectivity index (χ2v) is 11.0. The van der Waals surface area contributed by atoms with Gasteiger partial charge < -0.3 is 9.80 Å². The van der Waals surface area contributed by atoms with Gasteiger partial charge in [-0.3, -0.25) is 14.5 Å². The predicted octanol–water partition coefficient (Wildman–Crippen LogP) is 6.79. The summed E-state index contributed by atoms with van der Waals surface area (Å²) < 4.78 is 81.1. The van der Waals surface area contributed by atoms with Gasteiger partial charge in [0.2, 0.25) is 5.91 Å². The average molecular weight is 642 g/mol. The first-order valence-corrected chi connectivity index (χ1v) is 13.8. The average Bonchev–Trinajstić information content (AvgIpc) is 2.94. The van der Waals surface area contributed by atoms with Crippen molar-refractivity contribution >= 4 is 24.2 Å². The zero-order valence-electron chi connectivity index (χ0n) is 24.5. The minimum Gasteiger partial charge on any atom is -0.340 e. The maximum atomic E-state index is 13.6. The second kappa shape index (κ2) is 14.0. The molecule has 1 unspecified atom stereocenters. The van der Waals surface area contributed by atoms with E-state index >= 15 is 0 Å². The number of piperazine rings is 1. The summed E-state index contributed by atoms with van der Waals surface area (Å²) in [5.41, 5.74) is 0.121. The largest absolute Gasteiger partial charge is 0.416 e. The molecular formula is C32H34ClF6N3O2. The van der Waals surface area contributed by atoms with Crippen molar-refractivity contribution in [2.24, 2.45) is 0 Å². The number of hydrogen-bond acceptors (Lipinski definition) is 3. The number of halogens is 7. The number of carbonyl (C=O) groups is 2. The molecule has 4 rings (SSSR count). The fourth-order valence-corrected chi connectivity index (χ4v) is 5.21. The quantitative estimate of drug-likeness (QED) is 0.267. The Balaban J connectivity index is 0.00000529. The summed E-state index contributed by atoms with van der Waals surface area (Å²) in [5, 5.41) is 0. The van der Waals surface area contributed by atoms with Crippen molar-refractivity contribution < 1.29 is 35.9 Å². The lowest BCUT2D eigenvalue weighted by Crippen LogP contribution is -2.57. The van der Waals surface area contributed by atoms with Crippen LogP contribution in [0.2, 0.25) is 0 Å². The normalized spacial score (nSPS) is 15.9. The Labute approximate surface area is 258 Å². The van der Waals surface area contributed by atoms with Crippen molar-refractivity contribution in [2.45, 2.75) is 45.2 Å². The van der Waals surface area contributed by atoms with Crippen LogP contribution in [0.15, 0.2) is 66.7 Å². The summed E-state index contributed by atoms with van der Waals surface area (Å²) in [7, 11) is 1.69. The third kappa shape index (κ3) is 8.75. The second-order valence-electron chi connectivity index (χ2n) is 11.0. The maximum Gasteiger partial charge on any atom is 0.416 e. The SMILES string of the molecule is Cc1ccc(CC2CN(CC(=O)N(C)Cc3ccccc3)CCN2C(=O)c2cc(C(F)(F)F)cc(C(F)(F)F)c2)cc1C.Cl. The molecule has 0 spiro atoms. The van der Waals surface area contributed by atoms with Crippen LogP contribution in [0.3, 0.4) is 0 Å². The van der Waals surface area contributed by atoms with E-state index in [1.54, 1.807) is 11.9 Å². The molecular weight excluding hydrogens is 608 g/mol. The Morgan fingerprint density at radius 2 is 1.43 bits per heavy atom. The first-order valence-electron chi connectivity index (χ1n) is 13.8. The van der Waals surface area contributed by atoms with Gasteiger partial charge in [0.1, 0.15) is 0 Å². The first-order chi connectivity index (χ1) is 20.1. The van der Waals surface area contributed by atoms with E-state index in [1.165, 1.54) is 4.90 Å². The molecule has 2 amide bonds. The summed E-state index contributed by atoms with van der Waals surface area (Å²) in [4.78, 5) is 31.5. The molecule has 0 radical (unpaired) electrons. The van der Waals surface area contributed by atoms with Gasteiger partial charge in [0, 0.05) is 44.8 Å². The molecule has 1 atom stereocenters. The van der Waals surface area contributed by atoms with Crippen LogP contribution >= 0.6 is 12.4 Å². The third-order valence-corrected chi connectivity index (χ3v) is 7.75. The van der Waals surface area contributed by atoms with E-state index in [1.807, 2.05) is 67.3 Å². The highest BCUT2D eigenvalue weighted by atomic mass is 35.5. The van der Waals surface area contributed by atoms with E-state index in [9.17, 15) is 35.9 Å². The van der Waals surface area contributed by atoms with E-state index in [0.717, 1.165) is 22.3 Å². The van der Waals surface area contributed by atoms with Crippen molar-refractivity contribution in [2.75, 3.05) is 33.2 Å². The van der Waals surface area contributed by atoms with E-state index in [-0.39, 0.29) is 50.6 Å².